The van der Waals surface area contributed by atoms with Crippen molar-refractivity contribution < 1.29 is 14.3 Å². The van der Waals surface area contributed by atoms with Crippen LogP contribution >= 0.6 is 23.2 Å². The predicted octanol–water partition coefficient (Wildman–Crippen LogP) is 3.36. The fourth-order valence-electron chi connectivity index (χ4n) is 1.41. The Labute approximate surface area is 121 Å². The number of nitriles is 1. The van der Waals surface area contributed by atoms with Crippen LogP contribution < -0.4 is 0 Å². The minimum atomic E-state index is -0.562. The number of ether oxygens (including phenoxy) is 2. The maximum atomic E-state index is 10.8. The molecule has 0 unspecified atom stereocenters. The second-order valence-electron chi connectivity index (χ2n) is 3.84. The monoisotopic (exact) mass is 301 g/mol. The fourth-order valence-corrected chi connectivity index (χ4v) is 1.87. The van der Waals surface area contributed by atoms with Gasteiger partial charge in [-0.05, 0) is 17.7 Å². The van der Waals surface area contributed by atoms with Crippen molar-refractivity contribution in [2.24, 2.45) is 0 Å². The van der Waals surface area contributed by atoms with Crippen LogP contribution in [0.2, 0.25) is 10.0 Å². The third-order valence-electron chi connectivity index (χ3n) is 2.23. The topological polar surface area (TPSA) is 59.3 Å². The highest BCUT2D eigenvalue weighted by Crippen LogP contribution is 2.21. The van der Waals surface area contributed by atoms with Crippen LogP contribution in [0.5, 0.6) is 0 Å². The highest BCUT2D eigenvalue weighted by molar-refractivity contribution is 6.35. The quantitative estimate of drug-likeness (QED) is 0.756. The Kier molecular flexibility index (Phi) is 6.65. The Morgan fingerprint density at radius 2 is 2.21 bits per heavy atom. The first-order chi connectivity index (χ1) is 9.02. The first-order valence-corrected chi connectivity index (χ1v) is 6.34. The third-order valence-corrected chi connectivity index (χ3v) is 2.81. The van der Waals surface area contributed by atoms with Crippen molar-refractivity contribution in [1.29, 1.82) is 5.26 Å². The molecule has 0 aliphatic carbocycles. The number of hydrogen-bond donors (Lipinski definition) is 0. The Bertz CT molecular complexity index is 485. The molecule has 0 heterocycles. The van der Waals surface area contributed by atoms with E-state index in [0.717, 1.165) is 5.56 Å². The highest BCUT2D eigenvalue weighted by atomic mass is 35.5. The summed E-state index contributed by atoms with van der Waals surface area (Å²) in [5.41, 5.74) is 0.782. The molecule has 1 atom stereocenters. The lowest BCUT2D eigenvalue weighted by Crippen LogP contribution is -2.21. The molecule has 0 amide bonds. The third kappa shape index (κ3) is 5.93. The molecule has 0 saturated carbocycles. The number of nitrogens with zero attached hydrogens (tertiary/aromatic N) is 1. The summed E-state index contributed by atoms with van der Waals surface area (Å²) in [4.78, 5) is 10.8. The van der Waals surface area contributed by atoms with E-state index >= 15 is 0 Å². The second-order valence-corrected chi connectivity index (χ2v) is 4.69. The zero-order chi connectivity index (χ0) is 14.3. The van der Waals surface area contributed by atoms with Gasteiger partial charge in [-0.3, -0.25) is 4.79 Å². The van der Waals surface area contributed by atoms with Gasteiger partial charge < -0.3 is 9.47 Å². The maximum Gasteiger partial charge on any atom is 0.303 e. The van der Waals surface area contributed by atoms with Gasteiger partial charge in [0.1, 0.15) is 6.10 Å². The molecule has 0 N–H and O–H groups in total. The van der Waals surface area contributed by atoms with Gasteiger partial charge in [0, 0.05) is 17.0 Å². The van der Waals surface area contributed by atoms with Gasteiger partial charge in [0.05, 0.1) is 25.7 Å². The van der Waals surface area contributed by atoms with Crippen LogP contribution in [0.1, 0.15) is 18.9 Å². The van der Waals surface area contributed by atoms with Gasteiger partial charge in [0.25, 0.3) is 0 Å². The first kappa shape index (κ1) is 15.8. The molecule has 1 aromatic rings. The van der Waals surface area contributed by atoms with E-state index in [4.69, 9.17) is 37.9 Å². The summed E-state index contributed by atoms with van der Waals surface area (Å²) in [5.74, 6) is -0.437. The molecule has 6 heteroatoms. The van der Waals surface area contributed by atoms with Crippen molar-refractivity contribution in [2.45, 2.75) is 26.1 Å². The van der Waals surface area contributed by atoms with Crippen LogP contribution in [0.25, 0.3) is 0 Å². The predicted molar refractivity (Wildman–Crippen MR) is 71.9 cm³/mol. The van der Waals surface area contributed by atoms with Gasteiger partial charge in [-0.1, -0.05) is 29.3 Å². The summed E-state index contributed by atoms with van der Waals surface area (Å²) in [6.07, 6.45) is -0.470. The fraction of sp³-hybridized carbons (Fsp3) is 0.385. The van der Waals surface area contributed by atoms with Crippen molar-refractivity contribution >= 4 is 29.2 Å². The van der Waals surface area contributed by atoms with Crippen molar-refractivity contribution in [3.8, 4) is 6.07 Å². The van der Waals surface area contributed by atoms with Crippen molar-refractivity contribution in [3.05, 3.63) is 33.8 Å². The molecule has 102 valence electrons. The molecule has 1 rings (SSSR count). The molecule has 0 fully saturated rings. The molecule has 0 spiro atoms. The van der Waals surface area contributed by atoms with E-state index in [9.17, 15) is 4.79 Å². The lowest BCUT2D eigenvalue weighted by molar-refractivity contribution is -0.149. The summed E-state index contributed by atoms with van der Waals surface area (Å²) in [6.45, 7) is 1.70. The molecule has 0 aliphatic heterocycles. The Morgan fingerprint density at radius 1 is 1.47 bits per heavy atom. The van der Waals surface area contributed by atoms with Gasteiger partial charge >= 0.3 is 5.97 Å². The van der Waals surface area contributed by atoms with E-state index in [-0.39, 0.29) is 19.6 Å². The minimum absolute atomic E-state index is 0.0912. The van der Waals surface area contributed by atoms with E-state index in [2.05, 4.69) is 0 Å². The summed E-state index contributed by atoms with van der Waals surface area (Å²) < 4.78 is 10.3. The van der Waals surface area contributed by atoms with Gasteiger partial charge in [-0.15, -0.1) is 0 Å². The number of carbonyl (C=O) groups is 1. The average Bonchev–Trinajstić information content (AvgIpc) is 2.31. The molecule has 0 radical (unpaired) electrons. The molecular formula is C13H13Cl2NO3. The smallest absolute Gasteiger partial charge is 0.303 e. The van der Waals surface area contributed by atoms with Crippen molar-refractivity contribution in [3.63, 3.8) is 0 Å². The average molecular weight is 302 g/mol. The summed E-state index contributed by atoms with van der Waals surface area (Å²) in [6, 6.07) is 7.04. The molecule has 0 saturated heterocycles. The Morgan fingerprint density at radius 3 is 2.79 bits per heavy atom. The molecular weight excluding hydrogens is 289 g/mol. The van der Waals surface area contributed by atoms with Crippen molar-refractivity contribution in [2.75, 3.05) is 6.61 Å². The highest BCUT2D eigenvalue weighted by Gasteiger charge is 2.12. The largest absolute Gasteiger partial charge is 0.459 e. The molecule has 19 heavy (non-hydrogen) atoms. The van der Waals surface area contributed by atoms with E-state index in [1.54, 1.807) is 18.2 Å². The van der Waals surface area contributed by atoms with Crippen LogP contribution in [0.4, 0.5) is 0 Å². The Balaban J connectivity index is 2.47. The molecule has 1 aromatic carbocycles. The number of halogens is 2. The van der Waals surface area contributed by atoms with Crippen LogP contribution in [0, 0.1) is 11.3 Å². The SMILES string of the molecule is CC(=O)O[C@H](CC#N)COCc1ccc(Cl)cc1Cl. The van der Waals surface area contributed by atoms with E-state index in [1.807, 2.05) is 6.07 Å². The van der Waals surface area contributed by atoms with Gasteiger partial charge in [-0.2, -0.15) is 5.26 Å². The van der Waals surface area contributed by atoms with E-state index in [1.165, 1.54) is 6.92 Å². The molecule has 0 aromatic heterocycles. The molecule has 0 bridgehead atoms. The van der Waals surface area contributed by atoms with Crippen LogP contribution in [0.15, 0.2) is 18.2 Å². The van der Waals surface area contributed by atoms with Crippen molar-refractivity contribution in [1.82, 2.24) is 0 Å². The first-order valence-electron chi connectivity index (χ1n) is 5.58. The summed E-state index contributed by atoms with van der Waals surface area (Å²) in [7, 11) is 0. The van der Waals surface area contributed by atoms with Gasteiger partial charge in [-0.25, -0.2) is 0 Å². The number of carbonyl (C=O) groups excluding carboxylic acids is 1. The lowest BCUT2D eigenvalue weighted by atomic mass is 10.2. The number of benzene rings is 1. The van der Waals surface area contributed by atoms with E-state index < -0.39 is 12.1 Å². The molecule has 4 nitrogen and oxygen atoms in total. The lowest BCUT2D eigenvalue weighted by Gasteiger charge is -2.14. The normalized spacial score (nSPS) is 11.7. The standard InChI is InChI=1S/C13H13Cl2NO3/c1-9(17)19-12(4-5-16)8-18-7-10-2-3-11(14)6-13(10)15/h2-3,6,12H,4,7-8H2,1H3/t12-/m1/s1. The van der Waals surface area contributed by atoms with E-state index in [0.29, 0.717) is 10.0 Å². The number of rotatable bonds is 6. The van der Waals surface area contributed by atoms with Crippen LogP contribution in [0.3, 0.4) is 0 Å². The second kappa shape index (κ2) is 8.00. The Hall–Kier alpha value is -1.28. The summed E-state index contributed by atoms with van der Waals surface area (Å²) in [5, 5.41) is 9.67. The summed E-state index contributed by atoms with van der Waals surface area (Å²) >= 11 is 11.8. The number of esters is 1. The van der Waals surface area contributed by atoms with Crippen LogP contribution in [-0.4, -0.2) is 18.7 Å². The molecule has 0 aliphatic rings. The number of hydrogen-bond acceptors (Lipinski definition) is 4. The van der Waals surface area contributed by atoms with Gasteiger partial charge in [0.15, 0.2) is 0 Å². The van der Waals surface area contributed by atoms with Gasteiger partial charge in [0.2, 0.25) is 0 Å². The maximum absolute atomic E-state index is 10.8. The zero-order valence-electron chi connectivity index (χ0n) is 10.4. The van der Waals surface area contributed by atoms with Crippen LogP contribution in [-0.2, 0) is 20.9 Å². The minimum Gasteiger partial charge on any atom is -0.459 e. The zero-order valence-corrected chi connectivity index (χ0v) is 11.9.